The average Bonchev–Trinajstić information content (AvgIpc) is 2.83. The van der Waals surface area contributed by atoms with Crippen LogP contribution in [0, 0.1) is 0 Å². The van der Waals surface area contributed by atoms with Crippen LogP contribution in [0.2, 0.25) is 0 Å². The number of rotatable bonds is 3. The lowest BCUT2D eigenvalue weighted by Crippen LogP contribution is -2.13. The van der Waals surface area contributed by atoms with Crippen LogP contribution in [0.3, 0.4) is 0 Å². The van der Waals surface area contributed by atoms with E-state index in [0.29, 0.717) is 22.9 Å². The van der Waals surface area contributed by atoms with Crippen LogP contribution in [0.25, 0.3) is 0 Å². The van der Waals surface area contributed by atoms with Gasteiger partial charge >= 0.3 is 0 Å². The molecule has 0 bridgehead atoms. The van der Waals surface area contributed by atoms with Gasteiger partial charge in [0.25, 0.3) is 5.91 Å². The molecule has 1 aromatic heterocycles. The van der Waals surface area contributed by atoms with E-state index in [4.69, 9.17) is 15.2 Å². The molecule has 0 aliphatic carbocycles. The van der Waals surface area contributed by atoms with Crippen molar-refractivity contribution in [3.8, 4) is 11.5 Å². The molecule has 1 aromatic carbocycles. The molecule has 0 atom stereocenters. The normalized spacial score (nSPS) is 10.1. The number of nitrogens with two attached hydrogens (primary N) is 1. The highest BCUT2D eigenvalue weighted by Gasteiger charge is 2.12. The Kier molecular flexibility index (Phi) is 3.18. The molecule has 2 aromatic rings. The summed E-state index contributed by atoms with van der Waals surface area (Å²) in [6.45, 7) is 0. The fourth-order valence-electron chi connectivity index (χ4n) is 1.51. The standard InChI is InChI=1S/C12H13N3O3/c1-17-9-5-8(6-10(7-9)18-2)12(16)15-4-3-11(13)14-15/h3-7H,1-2H3,(H2,13,14). The maximum absolute atomic E-state index is 12.1. The van der Waals surface area contributed by atoms with Crippen LogP contribution in [0.5, 0.6) is 11.5 Å². The summed E-state index contributed by atoms with van der Waals surface area (Å²) in [6.07, 6.45) is 1.50. The van der Waals surface area contributed by atoms with Gasteiger partial charge in [-0.3, -0.25) is 4.79 Å². The van der Waals surface area contributed by atoms with Crippen molar-refractivity contribution in [2.24, 2.45) is 0 Å². The van der Waals surface area contributed by atoms with E-state index in [0.717, 1.165) is 0 Å². The number of nitrogens with zero attached hydrogens (tertiary/aromatic N) is 2. The summed E-state index contributed by atoms with van der Waals surface area (Å²) in [5.41, 5.74) is 5.88. The van der Waals surface area contributed by atoms with Crippen molar-refractivity contribution in [2.45, 2.75) is 0 Å². The molecule has 0 spiro atoms. The molecule has 0 aliphatic rings. The van der Waals surface area contributed by atoms with Crippen LogP contribution in [-0.2, 0) is 0 Å². The van der Waals surface area contributed by atoms with Crippen LogP contribution < -0.4 is 15.2 Å². The number of methoxy groups -OCH3 is 2. The molecule has 18 heavy (non-hydrogen) atoms. The van der Waals surface area contributed by atoms with Crippen LogP contribution in [0.15, 0.2) is 30.5 Å². The van der Waals surface area contributed by atoms with Gasteiger partial charge in [0.2, 0.25) is 0 Å². The molecule has 0 fully saturated rings. The van der Waals surface area contributed by atoms with Gasteiger partial charge in [0, 0.05) is 23.9 Å². The lowest BCUT2D eigenvalue weighted by molar-refractivity contribution is 0.0944. The highest BCUT2D eigenvalue weighted by atomic mass is 16.5. The highest BCUT2D eigenvalue weighted by molar-refractivity contribution is 5.96. The second-order valence-electron chi connectivity index (χ2n) is 3.59. The number of nitrogen functional groups attached to an aromatic ring is 1. The quantitative estimate of drug-likeness (QED) is 0.880. The lowest BCUT2D eigenvalue weighted by atomic mass is 10.2. The number of ether oxygens (including phenoxy) is 2. The molecule has 0 aliphatic heterocycles. The fraction of sp³-hybridized carbons (Fsp3) is 0.167. The molecular weight excluding hydrogens is 234 g/mol. The van der Waals surface area contributed by atoms with Gasteiger partial charge in [-0.1, -0.05) is 0 Å². The Morgan fingerprint density at radius 2 is 1.83 bits per heavy atom. The molecule has 0 unspecified atom stereocenters. The van der Waals surface area contributed by atoms with Crippen LogP contribution in [0.1, 0.15) is 10.4 Å². The average molecular weight is 247 g/mol. The fourth-order valence-corrected chi connectivity index (χ4v) is 1.51. The summed E-state index contributed by atoms with van der Waals surface area (Å²) in [5, 5.41) is 3.86. The predicted octanol–water partition coefficient (Wildman–Crippen LogP) is 1.17. The first-order valence-corrected chi connectivity index (χ1v) is 5.23. The van der Waals surface area contributed by atoms with Crippen molar-refractivity contribution in [3.63, 3.8) is 0 Å². The SMILES string of the molecule is COc1cc(OC)cc(C(=O)n2ccc(N)n2)c1. The van der Waals surface area contributed by atoms with E-state index >= 15 is 0 Å². The molecule has 0 amide bonds. The number of hydrogen-bond acceptors (Lipinski definition) is 5. The van der Waals surface area contributed by atoms with Crippen molar-refractivity contribution in [2.75, 3.05) is 20.0 Å². The minimum absolute atomic E-state index is 0.290. The summed E-state index contributed by atoms with van der Waals surface area (Å²) in [4.78, 5) is 12.1. The molecule has 0 saturated heterocycles. The van der Waals surface area contributed by atoms with Gasteiger partial charge in [-0.2, -0.15) is 0 Å². The number of benzene rings is 1. The Balaban J connectivity index is 2.40. The third-order valence-corrected chi connectivity index (χ3v) is 2.42. The zero-order chi connectivity index (χ0) is 13.1. The van der Waals surface area contributed by atoms with Crippen LogP contribution in [-0.4, -0.2) is 29.9 Å². The second-order valence-corrected chi connectivity index (χ2v) is 3.59. The third kappa shape index (κ3) is 2.27. The molecule has 6 nitrogen and oxygen atoms in total. The minimum atomic E-state index is -0.302. The zero-order valence-corrected chi connectivity index (χ0v) is 10.1. The number of carbonyl (C=O) groups excluding carboxylic acids is 1. The van der Waals surface area contributed by atoms with Crippen molar-refractivity contribution < 1.29 is 14.3 Å². The zero-order valence-electron chi connectivity index (χ0n) is 10.1. The van der Waals surface area contributed by atoms with Gasteiger partial charge in [0.1, 0.15) is 17.3 Å². The summed E-state index contributed by atoms with van der Waals surface area (Å²) in [5.74, 6) is 1.07. The Morgan fingerprint density at radius 1 is 1.22 bits per heavy atom. The smallest absolute Gasteiger partial charge is 0.278 e. The third-order valence-electron chi connectivity index (χ3n) is 2.42. The van der Waals surface area contributed by atoms with E-state index < -0.39 is 0 Å². The highest BCUT2D eigenvalue weighted by Crippen LogP contribution is 2.23. The van der Waals surface area contributed by atoms with E-state index in [2.05, 4.69) is 5.10 Å². The first-order chi connectivity index (χ1) is 8.63. The minimum Gasteiger partial charge on any atom is -0.497 e. The largest absolute Gasteiger partial charge is 0.497 e. The van der Waals surface area contributed by atoms with E-state index in [9.17, 15) is 4.79 Å². The van der Waals surface area contributed by atoms with E-state index in [1.807, 2.05) is 0 Å². The molecule has 2 N–H and O–H groups in total. The Morgan fingerprint density at radius 3 is 2.28 bits per heavy atom. The van der Waals surface area contributed by atoms with Crippen molar-refractivity contribution in [1.82, 2.24) is 9.78 Å². The van der Waals surface area contributed by atoms with Gasteiger partial charge in [-0.15, -0.1) is 5.10 Å². The number of hydrogen-bond donors (Lipinski definition) is 1. The topological polar surface area (TPSA) is 79.4 Å². The first-order valence-electron chi connectivity index (χ1n) is 5.23. The van der Waals surface area contributed by atoms with Crippen LogP contribution in [0.4, 0.5) is 5.82 Å². The van der Waals surface area contributed by atoms with Gasteiger partial charge in [0.15, 0.2) is 0 Å². The molecular formula is C12H13N3O3. The van der Waals surface area contributed by atoms with Crippen molar-refractivity contribution >= 4 is 11.7 Å². The summed E-state index contributed by atoms with van der Waals surface area (Å²) in [6, 6.07) is 6.47. The lowest BCUT2D eigenvalue weighted by Gasteiger charge is -2.07. The van der Waals surface area contributed by atoms with Crippen molar-refractivity contribution in [1.29, 1.82) is 0 Å². The van der Waals surface area contributed by atoms with Gasteiger partial charge in [0.05, 0.1) is 14.2 Å². The maximum atomic E-state index is 12.1. The van der Waals surface area contributed by atoms with Gasteiger partial charge in [-0.05, 0) is 12.1 Å². The maximum Gasteiger partial charge on any atom is 0.278 e. The summed E-state index contributed by atoms with van der Waals surface area (Å²) >= 11 is 0. The van der Waals surface area contributed by atoms with E-state index in [1.165, 1.54) is 25.1 Å². The summed E-state index contributed by atoms with van der Waals surface area (Å²) in [7, 11) is 3.05. The van der Waals surface area contributed by atoms with E-state index in [-0.39, 0.29) is 5.91 Å². The van der Waals surface area contributed by atoms with Gasteiger partial charge in [-0.25, -0.2) is 4.68 Å². The van der Waals surface area contributed by atoms with Crippen molar-refractivity contribution in [3.05, 3.63) is 36.0 Å². The first kappa shape index (κ1) is 12.0. The Labute approximate surface area is 104 Å². The monoisotopic (exact) mass is 247 g/mol. The predicted molar refractivity (Wildman–Crippen MR) is 65.9 cm³/mol. The molecule has 2 rings (SSSR count). The molecule has 0 radical (unpaired) electrons. The number of aromatic nitrogens is 2. The Bertz CT molecular complexity index is 555. The summed E-state index contributed by atoms with van der Waals surface area (Å²) < 4.78 is 11.4. The number of anilines is 1. The molecule has 0 saturated carbocycles. The molecule has 1 heterocycles. The molecule has 6 heteroatoms. The van der Waals surface area contributed by atoms with Crippen LogP contribution >= 0.6 is 0 Å². The van der Waals surface area contributed by atoms with E-state index in [1.54, 1.807) is 24.3 Å². The number of carbonyl (C=O) groups is 1. The van der Waals surface area contributed by atoms with Gasteiger partial charge < -0.3 is 15.2 Å². The second kappa shape index (κ2) is 4.79. The molecule has 94 valence electrons. The Hall–Kier alpha value is -2.50.